The third-order valence-electron chi connectivity index (χ3n) is 4.67. The summed E-state index contributed by atoms with van der Waals surface area (Å²) in [6.45, 7) is 1.65. The van der Waals surface area contributed by atoms with Crippen molar-refractivity contribution in [1.82, 2.24) is 20.5 Å². The van der Waals surface area contributed by atoms with E-state index in [1.807, 2.05) is 35.2 Å². The maximum absolute atomic E-state index is 12.7. The molecule has 0 bridgehead atoms. The van der Waals surface area contributed by atoms with E-state index in [4.69, 9.17) is 0 Å². The molecule has 0 aliphatic carbocycles. The number of aromatic nitrogens is 3. The Morgan fingerprint density at radius 3 is 3.00 bits per heavy atom. The summed E-state index contributed by atoms with van der Waals surface area (Å²) in [7, 11) is 0. The quantitative estimate of drug-likeness (QED) is 0.744. The van der Waals surface area contributed by atoms with Crippen LogP contribution in [0.25, 0.3) is 11.3 Å². The highest BCUT2D eigenvalue weighted by Gasteiger charge is 2.21. The minimum absolute atomic E-state index is 0.101. The van der Waals surface area contributed by atoms with Gasteiger partial charge < -0.3 is 10.2 Å². The summed E-state index contributed by atoms with van der Waals surface area (Å²) in [5, 5.41) is 10.4. The van der Waals surface area contributed by atoms with Gasteiger partial charge >= 0.3 is 0 Å². The Balaban J connectivity index is 1.39. The molecule has 132 valence electrons. The number of hydrogen-bond donors (Lipinski definition) is 2. The van der Waals surface area contributed by atoms with E-state index in [0.717, 1.165) is 41.9 Å². The molecule has 6 nitrogen and oxygen atoms in total. The number of H-pyrrole nitrogens is 1. The van der Waals surface area contributed by atoms with Crippen LogP contribution in [-0.2, 0) is 17.8 Å². The number of anilines is 1. The lowest BCUT2D eigenvalue weighted by molar-refractivity contribution is -0.117. The molecule has 6 heteroatoms. The second-order valence-corrected chi connectivity index (χ2v) is 6.39. The second kappa shape index (κ2) is 7.49. The van der Waals surface area contributed by atoms with E-state index < -0.39 is 0 Å². The third-order valence-corrected chi connectivity index (χ3v) is 4.67. The molecule has 0 saturated carbocycles. The smallest absolute Gasteiger partial charge is 0.240 e. The minimum Gasteiger partial charge on any atom is -0.311 e. The van der Waals surface area contributed by atoms with Crippen molar-refractivity contribution >= 4 is 11.6 Å². The van der Waals surface area contributed by atoms with Crippen LogP contribution in [0.3, 0.4) is 0 Å². The van der Waals surface area contributed by atoms with E-state index in [2.05, 4.69) is 26.6 Å². The molecule has 3 heterocycles. The number of carbonyl (C=O) groups is 1. The number of rotatable bonds is 5. The van der Waals surface area contributed by atoms with Crippen LogP contribution in [0.5, 0.6) is 0 Å². The molecule has 1 aliphatic heterocycles. The van der Waals surface area contributed by atoms with Crippen molar-refractivity contribution in [2.24, 2.45) is 0 Å². The van der Waals surface area contributed by atoms with Gasteiger partial charge in [0.2, 0.25) is 5.91 Å². The zero-order chi connectivity index (χ0) is 17.8. The van der Waals surface area contributed by atoms with Gasteiger partial charge in [0.15, 0.2) is 0 Å². The Kier molecular flexibility index (Phi) is 4.75. The summed E-state index contributed by atoms with van der Waals surface area (Å²) in [6, 6.07) is 12.0. The van der Waals surface area contributed by atoms with Crippen molar-refractivity contribution in [1.29, 1.82) is 0 Å². The monoisotopic (exact) mass is 347 g/mol. The fourth-order valence-electron chi connectivity index (χ4n) is 3.40. The van der Waals surface area contributed by atoms with Crippen LogP contribution in [0.4, 0.5) is 5.69 Å². The molecule has 2 aromatic heterocycles. The number of hydrogen-bond acceptors (Lipinski definition) is 4. The highest BCUT2D eigenvalue weighted by Crippen LogP contribution is 2.26. The van der Waals surface area contributed by atoms with E-state index in [1.165, 1.54) is 5.56 Å². The topological polar surface area (TPSA) is 73.9 Å². The maximum Gasteiger partial charge on any atom is 0.240 e. The SMILES string of the molecule is O=C(CNCc1cn[nH]c1-c1cccnc1)N1CCCc2ccccc21. The van der Waals surface area contributed by atoms with Crippen molar-refractivity contribution in [3.8, 4) is 11.3 Å². The van der Waals surface area contributed by atoms with Crippen LogP contribution < -0.4 is 10.2 Å². The molecule has 26 heavy (non-hydrogen) atoms. The Morgan fingerprint density at radius 1 is 1.19 bits per heavy atom. The van der Waals surface area contributed by atoms with Crippen molar-refractivity contribution in [2.45, 2.75) is 19.4 Å². The van der Waals surface area contributed by atoms with Gasteiger partial charge in [-0.3, -0.25) is 14.9 Å². The molecule has 0 fully saturated rings. The van der Waals surface area contributed by atoms with E-state index in [9.17, 15) is 4.79 Å². The Labute approximate surface area is 152 Å². The summed E-state index contributed by atoms with van der Waals surface area (Å²) in [5.74, 6) is 0.101. The predicted molar refractivity (Wildman–Crippen MR) is 101 cm³/mol. The maximum atomic E-state index is 12.7. The zero-order valence-corrected chi connectivity index (χ0v) is 14.5. The Bertz CT molecular complexity index is 890. The summed E-state index contributed by atoms with van der Waals surface area (Å²) >= 11 is 0. The number of carbonyl (C=O) groups excluding carboxylic acids is 1. The lowest BCUT2D eigenvalue weighted by Gasteiger charge is -2.29. The minimum atomic E-state index is 0.101. The first kappa shape index (κ1) is 16.5. The first-order valence-corrected chi connectivity index (χ1v) is 8.84. The number of para-hydroxylation sites is 1. The van der Waals surface area contributed by atoms with Gasteiger partial charge in [-0.05, 0) is 36.6 Å². The number of nitrogens with zero attached hydrogens (tertiary/aromatic N) is 3. The first-order chi connectivity index (χ1) is 12.8. The van der Waals surface area contributed by atoms with E-state index >= 15 is 0 Å². The van der Waals surface area contributed by atoms with Crippen molar-refractivity contribution in [2.75, 3.05) is 18.0 Å². The van der Waals surface area contributed by atoms with Gasteiger partial charge in [0, 0.05) is 42.3 Å². The average molecular weight is 347 g/mol. The van der Waals surface area contributed by atoms with Crippen molar-refractivity contribution in [3.05, 3.63) is 66.1 Å². The van der Waals surface area contributed by atoms with E-state index in [-0.39, 0.29) is 5.91 Å². The third kappa shape index (κ3) is 3.36. The standard InChI is InChI=1S/C20H21N5O/c26-19(25-10-4-7-15-5-1-2-8-18(15)25)14-22-12-17-13-23-24-20(17)16-6-3-9-21-11-16/h1-3,5-6,8-9,11,13,22H,4,7,10,12,14H2,(H,23,24). The summed E-state index contributed by atoms with van der Waals surface area (Å²) in [5.41, 5.74) is 5.23. The second-order valence-electron chi connectivity index (χ2n) is 6.39. The van der Waals surface area contributed by atoms with Gasteiger partial charge in [-0.15, -0.1) is 0 Å². The van der Waals surface area contributed by atoms with Crippen molar-refractivity contribution in [3.63, 3.8) is 0 Å². The van der Waals surface area contributed by atoms with Crippen LogP contribution in [0.2, 0.25) is 0 Å². The number of amides is 1. The summed E-state index contributed by atoms with van der Waals surface area (Å²) in [6.07, 6.45) is 7.38. The number of nitrogens with one attached hydrogen (secondary N) is 2. The lowest BCUT2D eigenvalue weighted by Crippen LogP contribution is -2.41. The van der Waals surface area contributed by atoms with E-state index in [1.54, 1.807) is 18.6 Å². The van der Waals surface area contributed by atoms with Crippen LogP contribution in [0, 0.1) is 0 Å². The number of aromatic amines is 1. The Morgan fingerprint density at radius 2 is 2.12 bits per heavy atom. The molecular formula is C20H21N5O. The molecule has 0 radical (unpaired) electrons. The summed E-state index contributed by atoms with van der Waals surface area (Å²) < 4.78 is 0. The van der Waals surface area contributed by atoms with Crippen molar-refractivity contribution < 1.29 is 4.79 Å². The molecule has 1 aromatic carbocycles. The largest absolute Gasteiger partial charge is 0.311 e. The Hall–Kier alpha value is -2.99. The molecule has 0 saturated heterocycles. The first-order valence-electron chi connectivity index (χ1n) is 8.84. The molecule has 3 aromatic rings. The summed E-state index contributed by atoms with van der Waals surface area (Å²) in [4.78, 5) is 18.7. The van der Waals surface area contributed by atoms with E-state index in [0.29, 0.717) is 13.1 Å². The van der Waals surface area contributed by atoms with Crippen LogP contribution in [-0.4, -0.2) is 34.2 Å². The molecule has 0 atom stereocenters. The van der Waals surface area contributed by atoms with Gasteiger partial charge in [-0.25, -0.2) is 0 Å². The van der Waals surface area contributed by atoms with Gasteiger partial charge in [-0.2, -0.15) is 5.10 Å². The molecular weight excluding hydrogens is 326 g/mol. The number of aryl methyl sites for hydroxylation is 1. The van der Waals surface area contributed by atoms with Crippen LogP contribution in [0.15, 0.2) is 55.0 Å². The molecule has 1 aliphatic rings. The number of benzene rings is 1. The predicted octanol–water partition coefficient (Wildman–Crippen LogP) is 2.54. The molecule has 0 unspecified atom stereocenters. The lowest BCUT2D eigenvalue weighted by atomic mass is 10.0. The average Bonchev–Trinajstić information content (AvgIpc) is 3.16. The zero-order valence-electron chi connectivity index (χ0n) is 14.5. The van der Waals surface area contributed by atoms with Gasteiger partial charge in [0.25, 0.3) is 0 Å². The van der Waals surface area contributed by atoms with Crippen LogP contribution >= 0.6 is 0 Å². The highest BCUT2D eigenvalue weighted by atomic mass is 16.2. The van der Waals surface area contributed by atoms with Gasteiger partial charge in [-0.1, -0.05) is 18.2 Å². The number of pyridine rings is 1. The van der Waals surface area contributed by atoms with Crippen LogP contribution in [0.1, 0.15) is 17.5 Å². The van der Waals surface area contributed by atoms with Gasteiger partial charge in [0.05, 0.1) is 18.4 Å². The molecule has 1 amide bonds. The normalized spacial score (nSPS) is 13.5. The molecule has 0 spiro atoms. The fourth-order valence-corrected chi connectivity index (χ4v) is 3.40. The van der Waals surface area contributed by atoms with Gasteiger partial charge in [0.1, 0.15) is 0 Å². The molecule has 4 rings (SSSR count). The fraction of sp³-hybridized carbons (Fsp3) is 0.250. The molecule has 2 N–H and O–H groups in total. The number of fused-ring (bicyclic) bond motifs is 1. The highest BCUT2D eigenvalue weighted by molar-refractivity contribution is 5.95.